The Morgan fingerprint density at radius 3 is 1.57 bits per heavy atom. The molecule has 0 aromatic rings. The van der Waals surface area contributed by atoms with Gasteiger partial charge in [-0.25, -0.2) is 0 Å². The van der Waals surface area contributed by atoms with Crippen LogP contribution in [0.1, 0.15) is 30.0 Å². The maximum Gasteiger partial charge on any atom is 1.00 e. The zero-order chi connectivity index (χ0) is 10.4. The smallest absolute Gasteiger partial charge is 1.00 e. The van der Waals surface area contributed by atoms with E-state index in [0.717, 1.165) is 12.6 Å². The average molecular weight is 247 g/mol. The molecule has 0 aliphatic carbocycles. The summed E-state index contributed by atoms with van der Waals surface area (Å²) < 4.78 is 0. The van der Waals surface area contributed by atoms with Crippen molar-refractivity contribution in [3.63, 3.8) is 0 Å². The van der Waals surface area contributed by atoms with Crippen molar-refractivity contribution in [2.75, 3.05) is 0 Å². The summed E-state index contributed by atoms with van der Waals surface area (Å²) in [6, 6.07) is 0. The van der Waals surface area contributed by atoms with E-state index in [0.29, 0.717) is 11.9 Å². The molecule has 0 saturated heterocycles. The number of allylic oxidation sites excluding steroid dienone is 1. The van der Waals surface area contributed by atoms with Crippen LogP contribution in [-0.4, -0.2) is 25.5 Å². The van der Waals surface area contributed by atoms with Gasteiger partial charge in [0, 0.05) is 0 Å². The van der Waals surface area contributed by atoms with E-state index in [1.54, 1.807) is 13.0 Å². The molecule has 0 aromatic carbocycles. The van der Waals surface area contributed by atoms with Gasteiger partial charge in [0.15, 0.2) is 0 Å². The first-order chi connectivity index (χ1) is 5.60. The topological polar surface area (TPSA) is 34.1 Å². The Hall–Kier alpha value is 2.29. The van der Waals surface area contributed by atoms with Crippen LogP contribution in [0.15, 0.2) is 12.7 Å². The number of aldehydes is 2. The average Bonchev–Trinajstić information content (AvgIpc) is 1.89. The second-order valence-corrected chi connectivity index (χ2v) is 1.86. The van der Waals surface area contributed by atoms with Gasteiger partial charge in [0.05, 0.1) is 0 Å². The molecule has 0 atom stereocenters. The molecule has 71 valence electrons. The molecule has 0 heterocycles. The van der Waals surface area contributed by atoms with Crippen LogP contribution in [0.5, 0.6) is 0 Å². The normalized spacial score (nSPS) is 5.00. The first-order valence-corrected chi connectivity index (χ1v) is 3.58. The van der Waals surface area contributed by atoms with Crippen LogP contribution >= 0.6 is 0 Å². The van der Waals surface area contributed by atoms with Crippen LogP contribution in [0.25, 0.3) is 0 Å². The largest absolute Gasteiger partial charge is 1.00 e. The van der Waals surface area contributed by atoms with Gasteiger partial charge in [0.1, 0.15) is 6.29 Å². The van der Waals surface area contributed by atoms with Gasteiger partial charge < -0.3 is 7.65 Å². The second-order valence-electron chi connectivity index (χ2n) is 1.86. The molecule has 1 radical (unpaired) electrons. The Morgan fingerprint density at radius 1 is 1.36 bits per heavy atom. The Balaban J connectivity index is -0.0000000145. The number of carbonyl (C=O) groups excluding carboxylic acids is 2. The third kappa shape index (κ3) is 90.2. The molecule has 0 fully saturated rings. The Labute approximate surface area is 177 Å². The molecule has 0 aromatic heterocycles. The molecule has 2 nitrogen and oxygen atoms in total. The summed E-state index contributed by atoms with van der Waals surface area (Å²) in [7, 11) is 5.09. The van der Waals surface area contributed by atoms with E-state index >= 15 is 0 Å². The fraction of sp³-hybridized carbons (Fsp3) is 0.444. The number of rotatable bonds is 2. The molecule has 0 N–H and O–H groups in total. The van der Waals surface area contributed by atoms with Crippen molar-refractivity contribution in [1.29, 1.82) is 0 Å². The molecule has 5 heteroatoms. The van der Waals surface area contributed by atoms with E-state index < -0.39 is 0 Å². The van der Waals surface area contributed by atoms with Crippen LogP contribution < -0.4 is 103 Å². The predicted molar refractivity (Wildman–Crippen MR) is 56.9 cm³/mol. The van der Waals surface area contributed by atoms with Crippen molar-refractivity contribution in [1.82, 2.24) is 0 Å². The minimum atomic E-state index is 0. The van der Waals surface area contributed by atoms with Crippen molar-refractivity contribution >= 4 is 25.5 Å². The summed E-state index contributed by atoms with van der Waals surface area (Å²) in [4.78, 5) is 18.3. The fourth-order valence-electron chi connectivity index (χ4n) is 0.131. The summed E-state index contributed by atoms with van der Waals surface area (Å²) in [5.41, 5.74) is 0.671. The van der Waals surface area contributed by atoms with E-state index in [9.17, 15) is 4.79 Å². The van der Waals surface area contributed by atoms with E-state index in [1.807, 2.05) is 6.92 Å². The van der Waals surface area contributed by atoms with Crippen LogP contribution in [-0.2, 0) is 9.59 Å². The predicted octanol–water partition coefficient (Wildman–Crippen LogP) is -4.43. The molecule has 0 unspecified atom stereocenters. The second kappa shape index (κ2) is 36.2. The Kier molecular flexibility index (Phi) is 77.2. The SMILES string of the molecule is C=CC.CC=O.[B]=C(C)CC=O.[H-].[H-].[K+].[K+]. The number of hydrogen-bond acceptors (Lipinski definition) is 2. The molecule has 0 aliphatic heterocycles. The Morgan fingerprint density at radius 2 is 1.57 bits per heavy atom. The van der Waals surface area contributed by atoms with Gasteiger partial charge in [-0.05, 0) is 13.8 Å². The first kappa shape index (κ1) is 29.9. The summed E-state index contributed by atoms with van der Waals surface area (Å²) in [6.45, 7) is 8.41. The van der Waals surface area contributed by atoms with E-state index in [4.69, 9.17) is 12.3 Å². The zero-order valence-corrected chi connectivity index (χ0v) is 16.3. The number of hydrogen-bond donors (Lipinski definition) is 0. The summed E-state index contributed by atoms with van der Waals surface area (Å²) in [5.74, 6) is 0. The van der Waals surface area contributed by atoms with Crippen molar-refractivity contribution in [2.45, 2.75) is 27.2 Å². The van der Waals surface area contributed by atoms with Gasteiger partial charge in [0.2, 0.25) is 0 Å². The standard InChI is InChI=1S/C4H6BO.C3H6.C2H4O.2K.2H/c1-4(5)2-3-6;1-3-2;1-2-3;;;;/h3H,2H2,1H3;3H,1H2,2H3;2H,1H3;;;;/q;;;2*+1;2*-1. The molecule has 0 amide bonds. The minimum absolute atomic E-state index is 0. The quantitative estimate of drug-likeness (QED) is 0.280. The van der Waals surface area contributed by atoms with Crippen molar-refractivity contribution < 1.29 is 115 Å². The van der Waals surface area contributed by atoms with Crippen LogP contribution in [0.3, 0.4) is 0 Å². The van der Waals surface area contributed by atoms with Crippen molar-refractivity contribution in [3.8, 4) is 0 Å². The number of carbonyl (C=O) groups is 2. The van der Waals surface area contributed by atoms with Crippen LogP contribution in [0, 0.1) is 0 Å². The van der Waals surface area contributed by atoms with Gasteiger partial charge in [0.25, 0.3) is 0 Å². The van der Waals surface area contributed by atoms with Crippen LogP contribution in [0.2, 0.25) is 0 Å². The van der Waals surface area contributed by atoms with Crippen LogP contribution in [0.4, 0.5) is 0 Å². The molecular formula is C9H18BK2O2. The Bertz CT molecular complexity index is 141. The third-order valence-electron chi connectivity index (χ3n) is 0.405. The molecule has 0 aliphatic rings. The molecule has 0 saturated carbocycles. The van der Waals surface area contributed by atoms with Gasteiger partial charge in [-0.3, -0.25) is 0 Å². The fourth-order valence-corrected chi connectivity index (χ4v) is 0.131. The summed E-state index contributed by atoms with van der Waals surface area (Å²) in [6.07, 6.45) is 3.68. The molecule has 0 rings (SSSR count). The molecule has 0 spiro atoms. The summed E-state index contributed by atoms with van der Waals surface area (Å²) in [5, 5.41) is 0. The minimum Gasteiger partial charge on any atom is -1.00 e. The first-order valence-electron chi connectivity index (χ1n) is 3.58. The monoisotopic (exact) mass is 247 g/mol. The molecule has 0 bridgehead atoms. The van der Waals surface area contributed by atoms with Gasteiger partial charge in [-0.15, -0.1) is 6.58 Å². The summed E-state index contributed by atoms with van der Waals surface area (Å²) >= 11 is 0. The van der Waals surface area contributed by atoms with E-state index in [1.165, 1.54) is 6.92 Å². The maximum atomic E-state index is 9.51. The zero-order valence-electron chi connectivity index (χ0n) is 12.0. The molecule has 14 heavy (non-hydrogen) atoms. The molecular weight excluding hydrogens is 229 g/mol. The van der Waals surface area contributed by atoms with Crippen molar-refractivity contribution in [3.05, 3.63) is 12.7 Å². The van der Waals surface area contributed by atoms with E-state index in [2.05, 4.69) is 6.58 Å². The maximum absolute atomic E-state index is 9.51. The van der Waals surface area contributed by atoms with Gasteiger partial charge >= 0.3 is 140 Å². The third-order valence-corrected chi connectivity index (χ3v) is 0.405. The van der Waals surface area contributed by atoms with Gasteiger partial charge in [-0.2, -0.15) is 0 Å². The van der Waals surface area contributed by atoms with E-state index in [-0.39, 0.29) is 106 Å². The van der Waals surface area contributed by atoms with Gasteiger partial charge in [-0.1, -0.05) is 6.08 Å². The van der Waals surface area contributed by atoms with Crippen molar-refractivity contribution in [2.24, 2.45) is 0 Å².